The van der Waals surface area contributed by atoms with Crippen molar-refractivity contribution in [2.75, 3.05) is 11.6 Å². The minimum atomic E-state index is -3.81. The molecule has 0 radical (unpaired) electrons. The summed E-state index contributed by atoms with van der Waals surface area (Å²) in [5.41, 5.74) is 0. The molecular formula is C2H5ClO3S. The smallest absolute Gasteiger partial charge is 0.266 e. The van der Waals surface area contributed by atoms with Gasteiger partial charge >= 0.3 is 0 Å². The fourth-order valence-corrected chi connectivity index (χ4v) is 0.877. The van der Waals surface area contributed by atoms with E-state index in [2.05, 4.69) is 0 Å². The van der Waals surface area contributed by atoms with Crippen LogP contribution in [0.3, 0.4) is 0 Å². The van der Waals surface area contributed by atoms with E-state index in [0.29, 0.717) is 0 Å². The predicted octanol–water partition coefficient (Wildman–Crippen LogP) is 0.113. The second-order valence-corrected chi connectivity index (χ2v) is 2.93. The Morgan fingerprint density at radius 3 is 2.00 bits per heavy atom. The number of halogens is 1. The first kappa shape index (κ1) is 7.20. The van der Waals surface area contributed by atoms with Crippen LogP contribution < -0.4 is 0 Å². The van der Waals surface area contributed by atoms with Crippen LogP contribution in [-0.4, -0.2) is 24.6 Å². The van der Waals surface area contributed by atoms with Gasteiger partial charge in [-0.25, -0.2) is 0 Å². The molecule has 0 atom stereocenters. The Bertz CT molecular complexity index is 126. The Labute approximate surface area is 47.0 Å². The van der Waals surface area contributed by atoms with Crippen molar-refractivity contribution in [1.82, 2.24) is 0 Å². The van der Waals surface area contributed by atoms with E-state index in [9.17, 15) is 8.42 Å². The molecule has 0 rings (SSSR count). The third-order valence-corrected chi connectivity index (χ3v) is 1.47. The summed E-state index contributed by atoms with van der Waals surface area (Å²) in [5, 5.41) is 0. The van der Waals surface area contributed by atoms with E-state index in [0.717, 1.165) is 0 Å². The normalized spacial score (nSPS) is 11.7. The van der Waals surface area contributed by atoms with Crippen molar-refractivity contribution in [2.45, 2.75) is 0 Å². The van der Waals surface area contributed by atoms with Gasteiger partial charge in [0.2, 0.25) is 0 Å². The van der Waals surface area contributed by atoms with Crippen molar-refractivity contribution in [2.24, 2.45) is 0 Å². The lowest BCUT2D eigenvalue weighted by atomic mass is 11.0. The highest BCUT2D eigenvalue weighted by molar-refractivity contribution is 7.85. The summed E-state index contributed by atoms with van der Waals surface area (Å²) in [6.45, 7) is 0. The van der Waals surface area contributed by atoms with E-state index in [4.69, 9.17) is 16.2 Å². The highest BCUT2D eigenvalue weighted by Crippen LogP contribution is 1.82. The number of rotatable bonds is 2. The standard InChI is InChI=1S/C2H5ClO3S/c3-1-2-7(4,5)6/h1-2H2,(H,4,5,6). The van der Waals surface area contributed by atoms with Gasteiger partial charge in [0.25, 0.3) is 10.1 Å². The van der Waals surface area contributed by atoms with Crippen LogP contribution in [0.4, 0.5) is 0 Å². The Balaban J connectivity index is 3.60. The summed E-state index contributed by atoms with van der Waals surface area (Å²) in [5.74, 6) is -0.423. The van der Waals surface area contributed by atoms with E-state index in [1.54, 1.807) is 0 Å². The third-order valence-electron chi connectivity index (χ3n) is 0.335. The van der Waals surface area contributed by atoms with Crippen LogP contribution in [0.25, 0.3) is 0 Å². The van der Waals surface area contributed by atoms with Crippen molar-refractivity contribution in [3.05, 3.63) is 0 Å². The summed E-state index contributed by atoms with van der Waals surface area (Å²) in [4.78, 5) is 0. The fourth-order valence-electron chi connectivity index (χ4n) is 0.0975. The Morgan fingerprint density at radius 2 is 2.00 bits per heavy atom. The van der Waals surface area contributed by atoms with Crippen molar-refractivity contribution in [1.29, 1.82) is 0 Å². The van der Waals surface area contributed by atoms with Gasteiger partial charge in [-0.1, -0.05) is 0 Å². The van der Waals surface area contributed by atoms with Crippen LogP contribution in [0.15, 0.2) is 0 Å². The summed E-state index contributed by atoms with van der Waals surface area (Å²) in [6, 6.07) is 0. The molecule has 0 aromatic rings. The zero-order valence-corrected chi connectivity index (χ0v) is 5.04. The molecule has 0 saturated heterocycles. The van der Waals surface area contributed by atoms with Crippen molar-refractivity contribution in [3.63, 3.8) is 0 Å². The Morgan fingerprint density at radius 1 is 1.57 bits per heavy atom. The van der Waals surface area contributed by atoms with Crippen molar-refractivity contribution in [3.8, 4) is 0 Å². The SMILES string of the molecule is O=S(=O)(O)CCCl. The van der Waals surface area contributed by atoms with Crippen LogP contribution >= 0.6 is 11.6 Å². The molecule has 0 amide bonds. The minimum absolute atomic E-state index is 0.0567. The topological polar surface area (TPSA) is 54.4 Å². The van der Waals surface area contributed by atoms with Crippen molar-refractivity contribution < 1.29 is 13.0 Å². The average Bonchev–Trinajstić information content (AvgIpc) is 1.30. The van der Waals surface area contributed by atoms with Gasteiger partial charge in [0.05, 0.1) is 5.75 Å². The predicted molar refractivity (Wildman–Crippen MR) is 27.1 cm³/mol. The average molecular weight is 145 g/mol. The van der Waals surface area contributed by atoms with Crippen LogP contribution in [0, 0.1) is 0 Å². The molecule has 7 heavy (non-hydrogen) atoms. The molecule has 0 fully saturated rings. The summed E-state index contributed by atoms with van der Waals surface area (Å²) in [6.07, 6.45) is 0. The van der Waals surface area contributed by atoms with E-state index in [-0.39, 0.29) is 11.6 Å². The van der Waals surface area contributed by atoms with Gasteiger partial charge in [-0.15, -0.1) is 11.6 Å². The van der Waals surface area contributed by atoms with Crippen LogP contribution in [0.5, 0.6) is 0 Å². The maximum absolute atomic E-state index is 9.70. The molecule has 1 N–H and O–H groups in total. The van der Waals surface area contributed by atoms with E-state index < -0.39 is 10.1 Å². The molecule has 0 aromatic heterocycles. The third kappa shape index (κ3) is 6.20. The van der Waals surface area contributed by atoms with E-state index in [1.165, 1.54) is 0 Å². The number of hydrogen-bond donors (Lipinski definition) is 1. The van der Waals surface area contributed by atoms with Crippen LogP contribution in [0.1, 0.15) is 0 Å². The largest absolute Gasteiger partial charge is 0.286 e. The minimum Gasteiger partial charge on any atom is -0.286 e. The molecule has 5 heteroatoms. The van der Waals surface area contributed by atoms with E-state index >= 15 is 0 Å². The lowest BCUT2D eigenvalue weighted by Gasteiger charge is -1.84. The molecule has 0 spiro atoms. The zero-order chi connectivity index (χ0) is 5.91. The molecule has 0 unspecified atom stereocenters. The number of alkyl halides is 1. The molecule has 0 aliphatic rings. The van der Waals surface area contributed by atoms with Crippen LogP contribution in [0.2, 0.25) is 0 Å². The second kappa shape index (κ2) is 2.49. The van der Waals surface area contributed by atoms with Crippen LogP contribution in [-0.2, 0) is 10.1 Å². The molecule has 0 aliphatic carbocycles. The zero-order valence-electron chi connectivity index (χ0n) is 3.46. The van der Waals surface area contributed by atoms with Gasteiger partial charge in [0, 0.05) is 5.88 Å². The van der Waals surface area contributed by atoms with E-state index in [1.807, 2.05) is 0 Å². The van der Waals surface area contributed by atoms with Gasteiger partial charge in [-0.2, -0.15) is 8.42 Å². The molecular weight excluding hydrogens is 140 g/mol. The first-order chi connectivity index (χ1) is 3.06. The van der Waals surface area contributed by atoms with Gasteiger partial charge in [0.15, 0.2) is 0 Å². The highest BCUT2D eigenvalue weighted by Gasteiger charge is 1.99. The maximum Gasteiger partial charge on any atom is 0.266 e. The Hall–Kier alpha value is 0.200. The fraction of sp³-hybridized carbons (Fsp3) is 1.00. The molecule has 3 nitrogen and oxygen atoms in total. The van der Waals surface area contributed by atoms with Gasteiger partial charge < -0.3 is 0 Å². The quantitative estimate of drug-likeness (QED) is 0.442. The molecule has 0 bridgehead atoms. The van der Waals surface area contributed by atoms with Gasteiger partial charge in [-0.3, -0.25) is 4.55 Å². The lowest BCUT2D eigenvalue weighted by Crippen LogP contribution is -2.03. The summed E-state index contributed by atoms with van der Waals surface area (Å²) < 4.78 is 27.3. The lowest BCUT2D eigenvalue weighted by molar-refractivity contribution is 0.485. The maximum atomic E-state index is 9.70. The Kier molecular flexibility index (Phi) is 2.56. The second-order valence-electron chi connectivity index (χ2n) is 0.975. The summed E-state index contributed by atoms with van der Waals surface area (Å²) >= 11 is 4.95. The number of hydrogen-bond acceptors (Lipinski definition) is 2. The first-order valence-corrected chi connectivity index (χ1v) is 3.72. The monoisotopic (exact) mass is 144 g/mol. The first-order valence-electron chi connectivity index (χ1n) is 1.57. The molecule has 0 saturated carbocycles. The van der Waals surface area contributed by atoms with Gasteiger partial charge in [0.1, 0.15) is 0 Å². The van der Waals surface area contributed by atoms with Gasteiger partial charge in [-0.05, 0) is 0 Å². The molecule has 0 aromatic carbocycles. The molecule has 0 heterocycles. The summed E-state index contributed by atoms with van der Waals surface area (Å²) in [7, 11) is -3.81. The molecule has 0 aliphatic heterocycles. The molecule has 44 valence electrons. The van der Waals surface area contributed by atoms with Crippen molar-refractivity contribution >= 4 is 21.7 Å². The highest BCUT2D eigenvalue weighted by atomic mass is 35.5.